The second-order valence-electron chi connectivity index (χ2n) is 3.68. The van der Waals surface area contributed by atoms with Gasteiger partial charge in [0, 0.05) is 23.2 Å². The van der Waals surface area contributed by atoms with Gasteiger partial charge in [0.2, 0.25) is 0 Å². The van der Waals surface area contributed by atoms with Crippen LogP contribution in [0.3, 0.4) is 0 Å². The summed E-state index contributed by atoms with van der Waals surface area (Å²) in [5, 5.41) is 14.3. The van der Waals surface area contributed by atoms with Gasteiger partial charge in [0.1, 0.15) is 17.7 Å². The molecule has 1 atom stereocenters. The van der Waals surface area contributed by atoms with E-state index in [0.717, 1.165) is 0 Å². The molecular formula is C11H11ClFN3O. The molecule has 0 fully saturated rings. The van der Waals surface area contributed by atoms with Gasteiger partial charge in [-0.1, -0.05) is 11.6 Å². The van der Waals surface area contributed by atoms with Crippen LogP contribution in [-0.2, 0) is 7.05 Å². The third-order valence-electron chi connectivity index (χ3n) is 2.56. The molecule has 0 aliphatic carbocycles. The molecule has 0 saturated carbocycles. The van der Waals surface area contributed by atoms with E-state index < -0.39 is 11.9 Å². The maximum Gasteiger partial charge on any atom is 0.127 e. The summed E-state index contributed by atoms with van der Waals surface area (Å²) in [6.45, 7) is 0. The van der Waals surface area contributed by atoms with Crippen LogP contribution >= 0.6 is 11.6 Å². The highest BCUT2D eigenvalue weighted by Crippen LogP contribution is 2.31. The van der Waals surface area contributed by atoms with E-state index in [0.29, 0.717) is 11.4 Å². The highest BCUT2D eigenvalue weighted by atomic mass is 35.5. The molecule has 90 valence electrons. The van der Waals surface area contributed by atoms with Gasteiger partial charge in [-0.2, -0.15) is 5.10 Å². The fourth-order valence-electron chi connectivity index (χ4n) is 1.57. The van der Waals surface area contributed by atoms with Crippen molar-refractivity contribution in [3.05, 3.63) is 46.4 Å². The molecule has 6 heteroatoms. The van der Waals surface area contributed by atoms with Crippen LogP contribution in [0.4, 0.5) is 10.2 Å². The fourth-order valence-corrected chi connectivity index (χ4v) is 1.79. The minimum atomic E-state index is -1.09. The van der Waals surface area contributed by atoms with E-state index in [-0.39, 0.29) is 10.6 Å². The van der Waals surface area contributed by atoms with Crippen molar-refractivity contribution in [1.82, 2.24) is 9.78 Å². The van der Waals surface area contributed by atoms with Crippen molar-refractivity contribution >= 4 is 17.4 Å². The zero-order chi connectivity index (χ0) is 12.6. The van der Waals surface area contributed by atoms with Crippen LogP contribution in [0.15, 0.2) is 24.4 Å². The lowest BCUT2D eigenvalue weighted by molar-refractivity contribution is 0.220. The van der Waals surface area contributed by atoms with Crippen LogP contribution in [0, 0.1) is 5.82 Å². The molecule has 0 aliphatic heterocycles. The van der Waals surface area contributed by atoms with E-state index in [2.05, 4.69) is 5.10 Å². The Hall–Kier alpha value is -1.59. The second kappa shape index (κ2) is 4.35. The maximum absolute atomic E-state index is 13.1. The van der Waals surface area contributed by atoms with Crippen molar-refractivity contribution in [1.29, 1.82) is 0 Å². The Kier molecular flexibility index (Phi) is 3.04. The molecule has 2 rings (SSSR count). The van der Waals surface area contributed by atoms with E-state index in [1.807, 2.05) is 0 Å². The van der Waals surface area contributed by atoms with Gasteiger partial charge < -0.3 is 10.8 Å². The molecule has 1 unspecified atom stereocenters. The number of aliphatic hydroxyl groups is 1. The Balaban J connectivity index is 2.47. The van der Waals surface area contributed by atoms with E-state index in [4.69, 9.17) is 17.3 Å². The lowest BCUT2D eigenvalue weighted by atomic mass is 10.0. The Morgan fingerprint density at radius 2 is 2.18 bits per heavy atom. The summed E-state index contributed by atoms with van der Waals surface area (Å²) >= 11 is 5.91. The summed E-state index contributed by atoms with van der Waals surface area (Å²) in [6, 6.07) is 3.80. The normalized spacial score (nSPS) is 12.7. The molecule has 0 aliphatic rings. The van der Waals surface area contributed by atoms with Crippen LogP contribution in [-0.4, -0.2) is 14.9 Å². The van der Waals surface area contributed by atoms with Gasteiger partial charge in [0.25, 0.3) is 0 Å². The van der Waals surface area contributed by atoms with E-state index in [1.165, 1.54) is 29.1 Å². The molecule has 0 saturated heterocycles. The van der Waals surface area contributed by atoms with E-state index in [1.54, 1.807) is 7.05 Å². The summed E-state index contributed by atoms with van der Waals surface area (Å²) in [6.07, 6.45) is 0.341. The molecule has 1 aromatic carbocycles. The number of benzene rings is 1. The van der Waals surface area contributed by atoms with Crippen LogP contribution < -0.4 is 5.73 Å². The number of aliphatic hydroxyl groups excluding tert-OH is 1. The Labute approximate surface area is 102 Å². The first-order chi connectivity index (χ1) is 8.00. The van der Waals surface area contributed by atoms with Gasteiger partial charge in [-0.3, -0.25) is 4.68 Å². The van der Waals surface area contributed by atoms with Gasteiger partial charge in [-0.05, 0) is 18.2 Å². The molecule has 4 nitrogen and oxygen atoms in total. The lowest BCUT2D eigenvalue weighted by Crippen LogP contribution is -2.05. The largest absolute Gasteiger partial charge is 0.384 e. The summed E-state index contributed by atoms with van der Waals surface area (Å²) in [5.74, 6) is -0.149. The molecule has 1 heterocycles. The minimum absolute atomic E-state index is 0.270. The third-order valence-corrected chi connectivity index (χ3v) is 2.91. The number of nitrogens with two attached hydrogens (primary N) is 1. The molecule has 3 N–H and O–H groups in total. The highest BCUT2D eigenvalue weighted by molar-refractivity contribution is 6.31. The number of aryl methyl sites for hydroxylation is 1. The van der Waals surface area contributed by atoms with Gasteiger partial charge in [0.05, 0.1) is 6.20 Å². The second-order valence-corrected chi connectivity index (χ2v) is 4.08. The van der Waals surface area contributed by atoms with Gasteiger partial charge in [0.15, 0.2) is 0 Å². The number of hydrogen-bond donors (Lipinski definition) is 2. The number of aromatic nitrogens is 2. The lowest BCUT2D eigenvalue weighted by Gasteiger charge is -2.12. The predicted octanol–water partition coefficient (Wildman–Crippen LogP) is 1.88. The monoisotopic (exact) mass is 255 g/mol. The van der Waals surface area contributed by atoms with Crippen LogP contribution in [0.25, 0.3) is 0 Å². The van der Waals surface area contributed by atoms with Gasteiger partial charge in [-0.25, -0.2) is 4.39 Å². The summed E-state index contributed by atoms with van der Waals surface area (Å²) in [5.41, 5.74) is 6.41. The first kappa shape index (κ1) is 11.9. The standard InChI is InChI=1S/C11H11ClFN3O/c1-16-11(14)8(5-15-16)10(17)7-4-6(13)2-3-9(7)12/h2-5,10,17H,14H2,1H3. The van der Waals surface area contributed by atoms with Crippen LogP contribution in [0.1, 0.15) is 17.2 Å². The van der Waals surface area contributed by atoms with Gasteiger partial charge in [-0.15, -0.1) is 0 Å². The summed E-state index contributed by atoms with van der Waals surface area (Å²) in [7, 11) is 1.65. The number of hydrogen-bond acceptors (Lipinski definition) is 3. The summed E-state index contributed by atoms with van der Waals surface area (Å²) in [4.78, 5) is 0. The molecule has 0 bridgehead atoms. The fraction of sp³-hybridized carbons (Fsp3) is 0.182. The highest BCUT2D eigenvalue weighted by Gasteiger charge is 2.19. The predicted molar refractivity (Wildman–Crippen MR) is 63.1 cm³/mol. The van der Waals surface area contributed by atoms with Crippen molar-refractivity contribution in [3.8, 4) is 0 Å². The summed E-state index contributed by atoms with van der Waals surface area (Å²) < 4.78 is 14.5. The quantitative estimate of drug-likeness (QED) is 0.861. The molecule has 2 aromatic rings. The van der Waals surface area contributed by atoms with Crippen molar-refractivity contribution < 1.29 is 9.50 Å². The first-order valence-electron chi connectivity index (χ1n) is 4.91. The molecule has 0 spiro atoms. The molecular weight excluding hydrogens is 245 g/mol. The molecule has 17 heavy (non-hydrogen) atoms. The average Bonchev–Trinajstić information content (AvgIpc) is 2.62. The topological polar surface area (TPSA) is 64.1 Å². The Morgan fingerprint density at radius 3 is 2.76 bits per heavy atom. The number of anilines is 1. The maximum atomic E-state index is 13.1. The zero-order valence-corrected chi connectivity index (χ0v) is 9.82. The van der Waals surface area contributed by atoms with Crippen molar-refractivity contribution in [3.63, 3.8) is 0 Å². The van der Waals surface area contributed by atoms with E-state index >= 15 is 0 Å². The average molecular weight is 256 g/mol. The number of rotatable bonds is 2. The van der Waals surface area contributed by atoms with Crippen molar-refractivity contribution in [2.75, 3.05) is 5.73 Å². The Morgan fingerprint density at radius 1 is 1.47 bits per heavy atom. The van der Waals surface area contributed by atoms with E-state index in [9.17, 15) is 9.50 Å². The SMILES string of the molecule is Cn1ncc(C(O)c2cc(F)ccc2Cl)c1N. The molecule has 0 radical (unpaired) electrons. The molecule has 1 aromatic heterocycles. The number of nitrogen functional groups attached to an aromatic ring is 1. The smallest absolute Gasteiger partial charge is 0.127 e. The molecule has 0 amide bonds. The third kappa shape index (κ3) is 2.11. The Bertz CT molecular complexity index is 556. The van der Waals surface area contributed by atoms with Crippen molar-refractivity contribution in [2.45, 2.75) is 6.10 Å². The van der Waals surface area contributed by atoms with Crippen molar-refractivity contribution in [2.24, 2.45) is 7.05 Å². The number of nitrogens with zero attached hydrogens (tertiary/aromatic N) is 2. The minimum Gasteiger partial charge on any atom is -0.384 e. The zero-order valence-electron chi connectivity index (χ0n) is 9.06. The van der Waals surface area contributed by atoms with Crippen LogP contribution in [0.2, 0.25) is 5.02 Å². The first-order valence-corrected chi connectivity index (χ1v) is 5.29. The van der Waals surface area contributed by atoms with Crippen LogP contribution in [0.5, 0.6) is 0 Å². The number of halogens is 2. The van der Waals surface area contributed by atoms with Gasteiger partial charge >= 0.3 is 0 Å².